The van der Waals surface area contributed by atoms with Gasteiger partial charge in [-0.25, -0.2) is 0 Å². The summed E-state index contributed by atoms with van der Waals surface area (Å²) in [5.74, 6) is 1.72. The molecule has 4 rings (SSSR count). The van der Waals surface area contributed by atoms with E-state index < -0.39 is 0 Å². The van der Waals surface area contributed by atoms with E-state index in [9.17, 15) is 10.2 Å². The van der Waals surface area contributed by atoms with E-state index in [2.05, 4.69) is 9.80 Å². The van der Waals surface area contributed by atoms with E-state index in [1.165, 1.54) is 44.9 Å². The fourth-order valence-corrected chi connectivity index (χ4v) is 5.66. The van der Waals surface area contributed by atoms with Gasteiger partial charge in [-0.2, -0.15) is 0 Å². The molecule has 2 aliphatic rings. The molecule has 2 N–H and O–H groups in total. The van der Waals surface area contributed by atoms with Gasteiger partial charge >= 0.3 is 0 Å². The van der Waals surface area contributed by atoms with Gasteiger partial charge in [-0.3, -0.25) is 0 Å². The van der Waals surface area contributed by atoms with Gasteiger partial charge in [0, 0.05) is 13.1 Å². The highest BCUT2D eigenvalue weighted by molar-refractivity contribution is 5.18. The Morgan fingerprint density at radius 1 is 0.606 bits per heavy atom. The van der Waals surface area contributed by atoms with E-state index in [-0.39, 0.29) is 12.2 Å². The molecule has 180 valence electrons. The Kier molecular flexibility index (Phi) is 9.36. The van der Waals surface area contributed by atoms with Crippen LogP contribution in [0.4, 0.5) is 0 Å². The number of β-amino-alcohol motifs (C(OH)–C–C–N with tert-alkyl or cyclic N) is 2. The topological polar surface area (TPSA) is 46.9 Å². The van der Waals surface area contributed by atoms with Gasteiger partial charge in [0.2, 0.25) is 0 Å². The second-order valence-corrected chi connectivity index (χ2v) is 10.3. The lowest BCUT2D eigenvalue weighted by molar-refractivity contribution is 0.0833. The van der Waals surface area contributed by atoms with Crippen LogP contribution in [0.3, 0.4) is 0 Å². The van der Waals surface area contributed by atoms with Crippen molar-refractivity contribution >= 4 is 0 Å². The van der Waals surface area contributed by atoms with Gasteiger partial charge in [0.25, 0.3) is 0 Å². The first-order chi connectivity index (χ1) is 16.2. The number of rotatable bonds is 10. The first-order valence-electron chi connectivity index (χ1n) is 13.1. The molecule has 0 bridgehead atoms. The first-order valence-corrected chi connectivity index (χ1v) is 13.1. The van der Waals surface area contributed by atoms with Crippen LogP contribution in [-0.4, -0.2) is 59.3 Å². The summed E-state index contributed by atoms with van der Waals surface area (Å²) in [5.41, 5.74) is 2.06. The molecule has 0 radical (unpaired) electrons. The lowest BCUT2D eigenvalue weighted by atomic mass is 9.86. The van der Waals surface area contributed by atoms with Crippen LogP contribution in [-0.2, 0) is 0 Å². The van der Waals surface area contributed by atoms with Gasteiger partial charge in [-0.1, -0.05) is 79.9 Å². The molecule has 0 spiro atoms. The van der Waals surface area contributed by atoms with Crippen molar-refractivity contribution in [2.24, 2.45) is 11.8 Å². The molecule has 33 heavy (non-hydrogen) atoms. The van der Waals surface area contributed by atoms with Crippen molar-refractivity contribution in [3.63, 3.8) is 0 Å². The summed E-state index contributed by atoms with van der Waals surface area (Å²) in [5, 5.41) is 21.0. The second kappa shape index (κ2) is 12.7. The van der Waals surface area contributed by atoms with Gasteiger partial charge in [0.1, 0.15) is 0 Å². The Morgan fingerprint density at radius 2 is 0.970 bits per heavy atom. The molecule has 2 unspecified atom stereocenters. The van der Waals surface area contributed by atoms with E-state index in [0.29, 0.717) is 0 Å². The van der Waals surface area contributed by atoms with Gasteiger partial charge in [0.15, 0.2) is 0 Å². The van der Waals surface area contributed by atoms with E-state index in [4.69, 9.17) is 0 Å². The summed E-state index contributed by atoms with van der Waals surface area (Å²) < 4.78 is 0. The van der Waals surface area contributed by atoms with E-state index in [1.54, 1.807) is 0 Å². The van der Waals surface area contributed by atoms with Gasteiger partial charge < -0.3 is 20.0 Å². The number of hydrogen-bond donors (Lipinski definition) is 2. The van der Waals surface area contributed by atoms with Crippen LogP contribution in [0.15, 0.2) is 60.7 Å². The summed E-state index contributed by atoms with van der Waals surface area (Å²) in [6, 6.07) is 20.1. The monoisotopic (exact) mass is 450 g/mol. The third-order valence-electron chi connectivity index (χ3n) is 7.87. The summed E-state index contributed by atoms with van der Waals surface area (Å²) >= 11 is 0. The third kappa shape index (κ3) is 7.65. The molecule has 4 heteroatoms. The summed E-state index contributed by atoms with van der Waals surface area (Å²) in [4.78, 5) is 4.88. The van der Waals surface area contributed by atoms with Crippen LogP contribution in [0, 0.1) is 11.8 Å². The Labute approximate surface area is 200 Å². The van der Waals surface area contributed by atoms with Crippen LogP contribution in [0.2, 0.25) is 0 Å². The number of nitrogens with zero attached hydrogens (tertiary/aromatic N) is 2. The predicted octanol–water partition coefficient (Wildman–Crippen LogP) is 5.05. The van der Waals surface area contributed by atoms with Gasteiger partial charge in [0.05, 0.1) is 12.2 Å². The number of benzene rings is 2. The maximum Gasteiger partial charge on any atom is 0.0916 e. The lowest BCUT2D eigenvalue weighted by Gasteiger charge is -2.34. The number of likely N-dealkylation sites (tertiary alicyclic amines) is 2. The fourth-order valence-electron chi connectivity index (χ4n) is 5.66. The van der Waals surface area contributed by atoms with Crippen molar-refractivity contribution in [3.05, 3.63) is 71.8 Å². The largest absolute Gasteiger partial charge is 0.387 e. The minimum atomic E-state index is -0.373. The third-order valence-corrected chi connectivity index (χ3v) is 7.87. The highest BCUT2D eigenvalue weighted by atomic mass is 16.3. The van der Waals surface area contributed by atoms with Crippen molar-refractivity contribution in [1.82, 2.24) is 9.80 Å². The molecule has 2 aromatic rings. The smallest absolute Gasteiger partial charge is 0.0916 e. The number of aliphatic hydroxyl groups excluding tert-OH is 2. The van der Waals surface area contributed by atoms with Crippen LogP contribution in [0.5, 0.6) is 0 Å². The second-order valence-electron chi connectivity index (χ2n) is 10.3. The number of hydrogen-bond acceptors (Lipinski definition) is 4. The number of aliphatic hydroxyl groups is 2. The minimum Gasteiger partial charge on any atom is -0.387 e. The molecule has 0 aliphatic carbocycles. The van der Waals surface area contributed by atoms with Crippen LogP contribution >= 0.6 is 0 Å². The lowest BCUT2D eigenvalue weighted by Crippen LogP contribution is -2.37. The Hall–Kier alpha value is -1.72. The molecule has 2 saturated heterocycles. The molecule has 4 nitrogen and oxygen atoms in total. The molecule has 2 atom stereocenters. The SMILES string of the molecule is OC(CN1CCC(CCCC2CCN(CC(O)c3ccccc3)CC2)CC1)c1ccccc1. The van der Waals surface area contributed by atoms with Crippen molar-refractivity contribution in [2.45, 2.75) is 57.2 Å². The molecule has 2 aliphatic heterocycles. The average molecular weight is 451 g/mol. The highest BCUT2D eigenvalue weighted by Gasteiger charge is 2.24. The first kappa shape index (κ1) is 24.4. The average Bonchev–Trinajstić information content (AvgIpc) is 2.87. The van der Waals surface area contributed by atoms with Crippen molar-refractivity contribution < 1.29 is 10.2 Å². The number of piperidine rings is 2. The van der Waals surface area contributed by atoms with Crippen molar-refractivity contribution in [3.8, 4) is 0 Å². The van der Waals surface area contributed by atoms with Crippen molar-refractivity contribution in [1.29, 1.82) is 0 Å². The maximum atomic E-state index is 10.5. The van der Waals surface area contributed by atoms with Gasteiger partial charge in [-0.15, -0.1) is 0 Å². The molecular formula is C29H42N2O2. The normalized spacial score (nSPS) is 21.2. The molecule has 0 aromatic heterocycles. The van der Waals surface area contributed by atoms with E-state index >= 15 is 0 Å². The van der Waals surface area contributed by atoms with E-state index in [1.807, 2.05) is 60.7 Å². The molecular weight excluding hydrogens is 408 g/mol. The van der Waals surface area contributed by atoms with Crippen LogP contribution in [0.25, 0.3) is 0 Å². The zero-order valence-electron chi connectivity index (χ0n) is 20.1. The quantitative estimate of drug-likeness (QED) is 0.532. The van der Waals surface area contributed by atoms with Crippen molar-refractivity contribution in [2.75, 3.05) is 39.3 Å². The summed E-state index contributed by atoms with van der Waals surface area (Å²) in [6.07, 6.45) is 8.44. The van der Waals surface area contributed by atoms with Crippen LogP contribution in [0.1, 0.15) is 68.3 Å². The zero-order chi connectivity index (χ0) is 22.9. The van der Waals surface area contributed by atoms with Gasteiger partial charge in [-0.05, 0) is 74.8 Å². The van der Waals surface area contributed by atoms with E-state index in [0.717, 1.165) is 62.2 Å². The Morgan fingerprint density at radius 3 is 1.33 bits per heavy atom. The Bertz CT molecular complexity index is 716. The highest BCUT2D eigenvalue weighted by Crippen LogP contribution is 2.28. The summed E-state index contributed by atoms with van der Waals surface area (Å²) in [7, 11) is 0. The fraction of sp³-hybridized carbons (Fsp3) is 0.586. The van der Waals surface area contributed by atoms with Crippen LogP contribution < -0.4 is 0 Å². The minimum absolute atomic E-state index is 0.373. The molecule has 2 aromatic carbocycles. The zero-order valence-corrected chi connectivity index (χ0v) is 20.1. The molecule has 2 heterocycles. The Balaban J connectivity index is 1.07. The predicted molar refractivity (Wildman–Crippen MR) is 135 cm³/mol. The summed E-state index contributed by atoms with van der Waals surface area (Å²) in [6.45, 7) is 6.00. The molecule has 0 amide bonds. The maximum absolute atomic E-state index is 10.5. The molecule has 2 fully saturated rings. The molecule has 0 saturated carbocycles. The standard InChI is InChI=1S/C29H42N2O2/c32-28(26-10-3-1-4-11-26)22-30-18-14-24(15-19-30)8-7-9-25-16-20-31(21-17-25)23-29(33)27-12-5-2-6-13-27/h1-6,10-13,24-25,28-29,32-33H,7-9,14-23H2.